The monoisotopic (exact) mass is 346 g/mol. The Hall–Kier alpha value is -2.60. The standard InChI is InChI=1S/C17H19ClN4O2/c1-22(2)17(24)20-11-15(23)21-16(13-4-3-9-19-10-13)12-5-7-14(18)8-6-12/h3-10,16H,11H2,1-2H3,(H,20,24)(H,21,23). The minimum atomic E-state index is -0.375. The number of amides is 3. The highest BCUT2D eigenvalue weighted by molar-refractivity contribution is 6.30. The third-order valence-electron chi connectivity index (χ3n) is 3.33. The van der Waals surface area contributed by atoms with E-state index in [9.17, 15) is 9.59 Å². The summed E-state index contributed by atoms with van der Waals surface area (Å²) in [5.41, 5.74) is 1.71. The van der Waals surface area contributed by atoms with Crippen molar-refractivity contribution < 1.29 is 9.59 Å². The van der Waals surface area contributed by atoms with Gasteiger partial charge >= 0.3 is 6.03 Å². The predicted octanol–water partition coefficient (Wildman–Crippen LogP) is 2.21. The fourth-order valence-electron chi connectivity index (χ4n) is 2.09. The molecule has 24 heavy (non-hydrogen) atoms. The number of aromatic nitrogens is 1. The number of carbonyl (C=O) groups is 2. The summed E-state index contributed by atoms with van der Waals surface area (Å²) in [4.78, 5) is 29.2. The summed E-state index contributed by atoms with van der Waals surface area (Å²) in [6.07, 6.45) is 3.36. The van der Waals surface area contributed by atoms with Crippen LogP contribution in [-0.2, 0) is 4.79 Å². The Kier molecular flexibility index (Phi) is 6.14. The molecule has 1 heterocycles. The Morgan fingerprint density at radius 2 is 1.88 bits per heavy atom. The lowest BCUT2D eigenvalue weighted by Gasteiger charge is -2.20. The van der Waals surface area contributed by atoms with Crippen molar-refractivity contribution in [2.45, 2.75) is 6.04 Å². The molecule has 2 N–H and O–H groups in total. The Labute approximate surface area is 145 Å². The molecule has 0 spiro atoms. The fourth-order valence-corrected chi connectivity index (χ4v) is 2.21. The molecule has 6 nitrogen and oxygen atoms in total. The van der Waals surface area contributed by atoms with Gasteiger partial charge in [-0.2, -0.15) is 0 Å². The first-order chi connectivity index (χ1) is 11.5. The third kappa shape index (κ3) is 4.96. The number of halogens is 1. The lowest BCUT2D eigenvalue weighted by atomic mass is 10.00. The summed E-state index contributed by atoms with van der Waals surface area (Å²) in [6.45, 7) is -0.110. The van der Waals surface area contributed by atoms with Crippen molar-refractivity contribution in [3.05, 3.63) is 64.9 Å². The molecule has 0 aliphatic heterocycles. The van der Waals surface area contributed by atoms with Crippen molar-refractivity contribution in [2.24, 2.45) is 0 Å². The number of nitrogens with one attached hydrogen (secondary N) is 2. The highest BCUT2D eigenvalue weighted by Gasteiger charge is 2.17. The van der Waals surface area contributed by atoms with Crippen LogP contribution in [0.15, 0.2) is 48.8 Å². The van der Waals surface area contributed by atoms with E-state index in [2.05, 4.69) is 15.6 Å². The van der Waals surface area contributed by atoms with Gasteiger partial charge in [-0.3, -0.25) is 9.78 Å². The van der Waals surface area contributed by atoms with Crippen molar-refractivity contribution in [1.29, 1.82) is 0 Å². The van der Waals surface area contributed by atoms with Crippen LogP contribution in [0.1, 0.15) is 17.2 Å². The largest absolute Gasteiger partial charge is 0.344 e. The van der Waals surface area contributed by atoms with Gasteiger partial charge in [0, 0.05) is 31.5 Å². The van der Waals surface area contributed by atoms with Gasteiger partial charge in [0.15, 0.2) is 0 Å². The lowest BCUT2D eigenvalue weighted by Crippen LogP contribution is -2.42. The van der Waals surface area contributed by atoms with Gasteiger partial charge in [-0.05, 0) is 29.3 Å². The molecule has 126 valence electrons. The van der Waals surface area contributed by atoms with Crippen LogP contribution in [0, 0.1) is 0 Å². The van der Waals surface area contributed by atoms with Crippen LogP contribution >= 0.6 is 11.6 Å². The van der Waals surface area contributed by atoms with E-state index in [1.165, 1.54) is 4.90 Å². The second-order valence-electron chi connectivity index (χ2n) is 5.39. The molecule has 0 saturated heterocycles. The molecule has 0 fully saturated rings. The zero-order valence-corrected chi connectivity index (χ0v) is 14.2. The van der Waals surface area contributed by atoms with Gasteiger partial charge in [0.25, 0.3) is 0 Å². The summed E-state index contributed by atoms with van der Waals surface area (Å²) < 4.78 is 0. The van der Waals surface area contributed by atoms with Gasteiger partial charge in [-0.25, -0.2) is 4.79 Å². The first-order valence-electron chi connectivity index (χ1n) is 7.37. The molecule has 0 saturated carbocycles. The molecular weight excluding hydrogens is 328 g/mol. The topological polar surface area (TPSA) is 74.3 Å². The normalized spacial score (nSPS) is 11.5. The minimum absolute atomic E-state index is 0.110. The van der Waals surface area contributed by atoms with Crippen LogP contribution in [0.4, 0.5) is 4.79 Å². The Morgan fingerprint density at radius 1 is 1.17 bits per heavy atom. The van der Waals surface area contributed by atoms with E-state index in [4.69, 9.17) is 11.6 Å². The second kappa shape index (κ2) is 8.31. The van der Waals surface area contributed by atoms with E-state index in [0.29, 0.717) is 5.02 Å². The summed E-state index contributed by atoms with van der Waals surface area (Å²) in [7, 11) is 3.22. The van der Waals surface area contributed by atoms with E-state index < -0.39 is 0 Å². The van der Waals surface area contributed by atoms with E-state index in [-0.39, 0.29) is 24.5 Å². The van der Waals surface area contributed by atoms with Crippen molar-refractivity contribution in [1.82, 2.24) is 20.5 Å². The number of benzene rings is 1. The predicted molar refractivity (Wildman–Crippen MR) is 92.8 cm³/mol. The molecule has 1 aromatic carbocycles. The van der Waals surface area contributed by atoms with Crippen LogP contribution in [0.3, 0.4) is 0 Å². The Morgan fingerprint density at radius 3 is 2.46 bits per heavy atom. The first kappa shape index (κ1) is 17.7. The van der Waals surface area contributed by atoms with E-state index in [1.807, 2.05) is 18.2 Å². The number of carbonyl (C=O) groups excluding carboxylic acids is 2. The maximum absolute atomic E-state index is 12.2. The molecule has 0 aliphatic rings. The maximum atomic E-state index is 12.2. The summed E-state index contributed by atoms with van der Waals surface area (Å²) in [5, 5.41) is 6.06. The average Bonchev–Trinajstić information content (AvgIpc) is 2.59. The van der Waals surface area contributed by atoms with Crippen molar-refractivity contribution in [3.8, 4) is 0 Å². The highest BCUT2D eigenvalue weighted by atomic mass is 35.5. The molecule has 1 unspecified atom stereocenters. The molecule has 0 radical (unpaired) electrons. The third-order valence-corrected chi connectivity index (χ3v) is 3.58. The van der Waals surface area contributed by atoms with Crippen LogP contribution in [0.25, 0.3) is 0 Å². The number of hydrogen-bond acceptors (Lipinski definition) is 3. The molecule has 2 rings (SSSR count). The SMILES string of the molecule is CN(C)C(=O)NCC(=O)NC(c1ccc(Cl)cc1)c1cccnc1. The Balaban J connectivity index is 2.13. The van der Waals surface area contributed by atoms with Gasteiger partial charge in [-0.15, -0.1) is 0 Å². The summed E-state index contributed by atoms with van der Waals surface area (Å²) >= 11 is 5.93. The van der Waals surface area contributed by atoms with Crippen molar-refractivity contribution >= 4 is 23.5 Å². The zero-order valence-electron chi connectivity index (χ0n) is 13.5. The first-order valence-corrected chi connectivity index (χ1v) is 7.75. The van der Waals surface area contributed by atoms with Gasteiger partial charge in [0.2, 0.25) is 5.91 Å². The molecule has 0 bridgehead atoms. The number of pyridine rings is 1. The lowest BCUT2D eigenvalue weighted by molar-refractivity contribution is -0.120. The Bertz CT molecular complexity index is 689. The van der Waals surface area contributed by atoms with Crippen LogP contribution < -0.4 is 10.6 Å². The number of hydrogen-bond donors (Lipinski definition) is 2. The smallest absolute Gasteiger partial charge is 0.317 e. The van der Waals surface area contributed by atoms with E-state index >= 15 is 0 Å². The fraction of sp³-hybridized carbons (Fsp3) is 0.235. The summed E-state index contributed by atoms with van der Waals surface area (Å²) in [6, 6.07) is 10.2. The zero-order chi connectivity index (χ0) is 17.5. The molecule has 3 amide bonds. The van der Waals surface area contributed by atoms with Crippen LogP contribution in [0.5, 0.6) is 0 Å². The number of rotatable bonds is 5. The van der Waals surface area contributed by atoms with Crippen LogP contribution in [0.2, 0.25) is 5.02 Å². The molecule has 1 aromatic heterocycles. The summed E-state index contributed by atoms with van der Waals surface area (Å²) in [5.74, 6) is -0.297. The van der Waals surface area contributed by atoms with Gasteiger partial charge in [0.05, 0.1) is 12.6 Å². The molecular formula is C17H19ClN4O2. The van der Waals surface area contributed by atoms with Gasteiger partial charge in [-0.1, -0.05) is 29.8 Å². The van der Waals surface area contributed by atoms with Crippen LogP contribution in [-0.4, -0.2) is 42.5 Å². The van der Waals surface area contributed by atoms with E-state index in [1.54, 1.807) is 44.7 Å². The van der Waals surface area contributed by atoms with Gasteiger partial charge in [0.1, 0.15) is 0 Å². The minimum Gasteiger partial charge on any atom is -0.344 e. The molecule has 2 aromatic rings. The number of nitrogens with zero attached hydrogens (tertiary/aromatic N) is 2. The average molecular weight is 347 g/mol. The highest BCUT2D eigenvalue weighted by Crippen LogP contribution is 2.22. The van der Waals surface area contributed by atoms with Crippen molar-refractivity contribution in [3.63, 3.8) is 0 Å². The number of urea groups is 1. The van der Waals surface area contributed by atoms with E-state index in [0.717, 1.165) is 11.1 Å². The quantitative estimate of drug-likeness (QED) is 0.871. The molecule has 0 aliphatic carbocycles. The second-order valence-corrected chi connectivity index (χ2v) is 5.83. The molecule has 7 heteroatoms. The van der Waals surface area contributed by atoms with Gasteiger partial charge < -0.3 is 15.5 Å². The maximum Gasteiger partial charge on any atom is 0.317 e. The molecule has 1 atom stereocenters. The van der Waals surface area contributed by atoms with Crippen molar-refractivity contribution in [2.75, 3.05) is 20.6 Å².